The van der Waals surface area contributed by atoms with E-state index in [0.717, 1.165) is 0 Å². The standard InChI is InChI=1S/C10H9F3O3/c11-10(12,13)16-8-3-1-7(2-4-8)14-5-9-6-15-9/h1-4,9H,5-6H2. The Bertz CT molecular complexity index is 343. The van der Waals surface area contributed by atoms with Crippen LogP contribution in [0.1, 0.15) is 0 Å². The van der Waals surface area contributed by atoms with Crippen LogP contribution in [-0.4, -0.2) is 25.7 Å². The number of hydrogen-bond donors (Lipinski definition) is 0. The van der Waals surface area contributed by atoms with Crippen molar-refractivity contribution in [2.75, 3.05) is 13.2 Å². The lowest BCUT2D eigenvalue weighted by Crippen LogP contribution is -2.17. The highest BCUT2D eigenvalue weighted by Crippen LogP contribution is 2.25. The molecule has 0 saturated carbocycles. The summed E-state index contributed by atoms with van der Waals surface area (Å²) in [5.74, 6) is 0.229. The Labute approximate surface area is 89.7 Å². The third kappa shape index (κ3) is 3.62. The topological polar surface area (TPSA) is 31.0 Å². The molecule has 2 rings (SSSR count). The monoisotopic (exact) mass is 234 g/mol. The molecule has 0 radical (unpaired) electrons. The molecule has 1 fully saturated rings. The van der Waals surface area contributed by atoms with Crippen LogP contribution >= 0.6 is 0 Å². The molecule has 1 heterocycles. The summed E-state index contributed by atoms with van der Waals surface area (Å²) in [5, 5.41) is 0. The quantitative estimate of drug-likeness (QED) is 0.749. The molecule has 0 aromatic heterocycles. The van der Waals surface area contributed by atoms with Crippen molar-refractivity contribution in [3.05, 3.63) is 24.3 Å². The molecule has 0 amide bonds. The van der Waals surface area contributed by atoms with Gasteiger partial charge in [-0.25, -0.2) is 0 Å². The number of epoxide rings is 1. The SMILES string of the molecule is FC(F)(F)Oc1ccc(OCC2CO2)cc1. The molecular weight excluding hydrogens is 225 g/mol. The van der Waals surface area contributed by atoms with E-state index in [1.165, 1.54) is 24.3 Å². The van der Waals surface area contributed by atoms with Gasteiger partial charge in [-0.3, -0.25) is 0 Å². The smallest absolute Gasteiger partial charge is 0.491 e. The first-order valence-electron chi connectivity index (χ1n) is 4.63. The Hall–Kier alpha value is -1.43. The van der Waals surface area contributed by atoms with E-state index in [0.29, 0.717) is 19.0 Å². The Morgan fingerprint density at radius 3 is 2.25 bits per heavy atom. The molecule has 0 bridgehead atoms. The van der Waals surface area contributed by atoms with Gasteiger partial charge in [0.25, 0.3) is 0 Å². The van der Waals surface area contributed by atoms with E-state index in [9.17, 15) is 13.2 Å². The number of ether oxygens (including phenoxy) is 3. The Morgan fingerprint density at radius 1 is 1.19 bits per heavy atom. The van der Waals surface area contributed by atoms with Crippen molar-refractivity contribution in [1.82, 2.24) is 0 Å². The molecule has 3 nitrogen and oxygen atoms in total. The van der Waals surface area contributed by atoms with Gasteiger partial charge in [0.05, 0.1) is 6.61 Å². The van der Waals surface area contributed by atoms with Crippen molar-refractivity contribution in [2.24, 2.45) is 0 Å². The molecule has 1 aliphatic heterocycles. The van der Waals surface area contributed by atoms with Gasteiger partial charge in [0.15, 0.2) is 0 Å². The van der Waals surface area contributed by atoms with E-state index in [-0.39, 0.29) is 11.9 Å². The van der Waals surface area contributed by atoms with Crippen molar-refractivity contribution >= 4 is 0 Å². The zero-order chi connectivity index (χ0) is 11.6. The summed E-state index contributed by atoms with van der Waals surface area (Å²) in [4.78, 5) is 0. The fourth-order valence-electron chi connectivity index (χ4n) is 1.09. The van der Waals surface area contributed by atoms with Crippen molar-refractivity contribution in [1.29, 1.82) is 0 Å². The van der Waals surface area contributed by atoms with E-state index >= 15 is 0 Å². The minimum Gasteiger partial charge on any atom is -0.491 e. The minimum absolute atomic E-state index is 0.117. The largest absolute Gasteiger partial charge is 0.573 e. The summed E-state index contributed by atoms with van der Waals surface area (Å²) in [6.45, 7) is 1.09. The number of halogens is 3. The van der Waals surface area contributed by atoms with Crippen LogP contribution in [-0.2, 0) is 4.74 Å². The third-order valence-corrected chi connectivity index (χ3v) is 1.90. The number of hydrogen-bond acceptors (Lipinski definition) is 3. The maximum absolute atomic E-state index is 11.8. The minimum atomic E-state index is -4.66. The van der Waals surface area contributed by atoms with Gasteiger partial charge in [-0.2, -0.15) is 0 Å². The molecule has 1 atom stereocenters. The van der Waals surface area contributed by atoms with Crippen LogP contribution in [0.15, 0.2) is 24.3 Å². The van der Waals surface area contributed by atoms with Crippen LogP contribution in [0.3, 0.4) is 0 Å². The first-order chi connectivity index (χ1) is 7.53. The second-order valence-corrected chi connectivity index (χ2v) is 3.29. The number of alkyl halides is 3. The lowest BCUT2D eigenvalue weighted by Gasteiger charge is -2.09. The van der Waals surface area contributed by atoms with E-state index in [1.54, 1.807) is 0 Å². The van der Waals surface area contributed by atoms with E-state index in [1.807, 2.05) is 0 Å². The van der Waals surface area contributed by atoms with Crippen molar-refractivity contribution in [3.8, 4) is 11.5 Å². The Balaban J connectivity index is 1.87. The van der Waals surface area contributed by atoms with Crippen LogP contribution in [0.4, 0.5) is 13.2 Å². The van der Waals surface area contributed by atoms with Crippen molar-refractivity contribution < 1.29 is 27.4 Å². The predicted molar refractivity (Wildman–Crippen MR) is 48.4 cm³/mol. The molecule has 0 aliphatic carbocycles. The fourth-order valence-corrected chi connectivity index (χ4v) is 1.09. The molecule has 6 heteroatoms. The van der Waals surface area contributed by atoms with Crippen LogP contribution < -0.4 is 9.47 Å². The molecule has 1 aromatic rings. The van der Waals surface area contributed by atoms with Crippen LogP contribution in [0.2, 0.25) is 0 Å². The highest BCUT2D eigenvalue weighted by atomic mass is 19.4. The molecule has 88 valence electrons. The third-order valence-electron chi connectivity index (χ3n) is 1.90. The maximum Gasteiger partial charge on any atom is 0.573 e. The molecule has 1 saturated heterocycles. The van der Waals surface area contributed by atoms with Crippen LogP contribution in [0.5, 0.6) is 11.5 Å². The lowest BCUT2D eigenvalue weighted by molar-refractivity contribution is -0.274. The summed E-state index contributed by atoms with van der Waals surface area (Å²) in [6.07, 6.45) is -4.55. The maximum atomic E-state index is 11.8. The number of rotatable bonds is 4. The van der Waals surface area contributed by atoms with Crippen LogP contribution in [0.25, 0.3) is 0 Å². The Kier molecular flexibility index (Phi) is 2.91. The zero-order valence-corrected chi connectivity index (χ0v) is 8.16. The fraction of sp³-hybridized carbons (Fsp3) is 0.400. The molecule has 1 aliphatic rings. The normalized spacial score (nSPS) is 19.3. The molecule has 1 unspecified atom stereocenters. The first-order valence-corrected chi connectivity index (χ1v) is 4.63. The molecule has 0 N–H and O–H groups in total. The zero-order valence-electron chi connectivity index (χ0n) is 8.16. The van der Waals surface area contributed by atoms with Gasteiger partial charge in [0.2, 0.25) is 0 Å². The number of benzene rings is 1. The van der Waals surface area contributed by atoms with Gasteiger partial charge in [-0.1, -0.05) is 0 Å². The van der Waals surface area contributed by atoms with Crippen molar-refractivity contribution in [3.63, 3.8) is 0 Å². The summed E-state index contributed by atoms with van der Waals surface area (Å²) in [7, 11) is 0. The van der Waals surface area contributed by atoms with E-state index in [2.05, 4.69) is 4.74 Å². The average Bonchev–Trinajstić information content (AvgIpc) is 2.98. The first kappa shape index (κ1) is 11.1. The lowest BCUT2D eigenvalue weighted by atomic mass is 10.3. The van der Waals surface area contributed by atoms with Gasteiger partial charge in [-0.15, -0.1) is 13.2 Å². The highest BCUT2D eigenvalue weighted by molar-refractivity contribution is 5.31. The van der Waals surface area contributed by atoms with Gasteiger partial charge in [0.1, 0.15) is 24.2 Å². The summed E-state index contributed by atoms with van der Waals surface area (Å²) in [6, 6.07) is 5.25. The Morgan fingerprint density at radius 2 is 1.75 bits per heavy atom. The van der Waals surface area contributed by atoms with Crippen LogP contribution in [0, 0.1) is 0 Å². The van der Waals surface area contributed by atoms with E-state index < -0.39 is 6.36 Å². The van der Waals surface area contributed by atoms with Crippen molar-refractivity contribution in [2.45, 2.75) is 12.5 Å². The van der Waals surface area contributed by atoms with E-state index in [4.69, 9.17) is 9.47 Å². The second-order valence-electron chi connectivity index (χ2n) is 3.29. The summed E-state index contributed by atoms with van der Waals surface area (Å²) >= 11 is 0. The molecule has 16 heavy (non-hydrogen) atoms. The molecule has 1 aromatic carbocycles. The summed E-state index contributed by atoms with van der Waals surface area (Å²) in [5.41, 5.74) is 0. The van der Waals surface area contributed by atoms with Gasteiger partial charge < -0.3 is 14.2 Å². The molecule has 0 spiro atoms. The predicted octanol–water partition coefficient (Wildman–Crippen LogP) is 2.36. The van der Waals surface area contributed by atoms with Gasteiger partial charge >= 0.3 is 6.36 Å². The molecular formula is C10H9F3O3. The van der Waals surface area contributed by atoms with Gasteiger partial charge in [-0.05, 0) is 24.3 Å². The average molecular weight is 234 g/mol. The second kappa shape index (κ2) is 4.21. The summed E-state index contributed by atoms with van der Waals surface area (Å²) < 4.78 is 49.4. The highest BCUT2D eigenvalue weighted by Gasteiger charge is 2.31. The van der Waals surface area contributed by atoms with Gasteiger partial charge in [0, 0.05) is 0 Å².